The van der Waals surface area contributed by atoms with Gasteiger partial charge in [0.25, 0.3) is 0 Å². The highest BCUT2D eigenvalue weighted by atomic mass is 19.1. The molecule has 0 atom stereocenters. The number of nitrogens with one attached hydrogen (secondary N) is 2. The minimum absolute atomic E-state index is 0.0615. The molecule has 0 radical (unpaired) electrons. The SMILES string of the molecule is Cc1cc2c(F)c(Oc3nc(Nc4cc(C5CC5)no4)cc(N4CCN(C)CC4)n3)ccc2[nH]1. The topological polar surface area (TPSA) is 95.3 Å². The second kappa shape index (κ2) is 8.28. The molecule has 1 aliphatic carbocycles. The van der Waals surface area contributed by atoms with Crippen LogP contribution in [0.25, 0.3) is 10.9 Å². The van der Waals surface area contributed by atoms with Gasteiger partial charge in [0.05, 0.1) is 5.69 Å². The Labute approximate surface area is 195 Å². The molecule has 3 aromatic heterocycles. The van der Waals surface area contributed by atoms with E-state index in [4.69, 9.17) is 9.26 Å². The molecule has 2 aliphatic rings. The number of halogens is 1. The molecule has 6 rings (SSSR count). The zero-order chi connectivity index (χ0) is 23.2. The molecule has 1 saturated carbocycles. The Morgan fingerprint density at radius 1 is 1.12 bits per heavy atom. The van der Waals surface area contributed by atoms with Crippen molar-refractivity contribution in [1.29, 1.82) is 0 Å². The van der Waals surface area contributed by atoms with E-state index in [1.807, 2.05) is 19.1 Å². The minimum atomic E-state index is -0.450. The summed E-state index contributed by atoms with van der Waals surface area (Å²) in [4.78, 5) is 16.7. The number of piperazine rings is 1. The normalized spacial score (nSPS) is 16.9. The number of aromatic amines is 1. The Morgan fingerprint density at radius 3 is 2.74 bits per heavy atom. The van der Waals surface area contributed by atoms with E-state index >= 15 is 4.39 Å². The average molecular weight is 464 g/mol. The maximum absolute atomic E-state index is 15.1. The summed E-state index contributed by atoms with van der Waals surface area (Å²) in [7, 11) is 2.10. The van der Waals surface area contributed by atoms with Gasteiger partial charge in [-0.3, -0.25) is 0 Å². The Hall–Kier alpha value is -3.66. The number of aromatic nitrogens is 4. The number of ether oxygens (including phenoxy) is 1. The van der Waals surface area contributed by atoms with Gasteiger partial charge in [0.1, 0.15) is 11.6 Å². The van der Waals surface area contributed by atoms with Gasteiger partial charge in [-0.2, -0.15) is 9.97 Å². The Kier molecular flexibility index (Phi) is 5.09. The first-order valence-electron chi connectivity index (χ1n) is 11.5. The third kappa shape index (κ3) is 4.16. The summed E-state index contributed by atoms with van der Waals surface area (Å²) < 4.78 is 26.5. The molecule has 0 amide bonds. The van der Waals surface area contributed by atoms with Crippen molar-refractivity contribution in [3.05, 3.63) is 47.5 Å². The predicted octanol–water partition coefficient (Wildman–Crippen LogP) is 4.56. The molecule has 1 aromatic carbocycles. The first-order valence-corrected chi connectivity index (χ1v) is 11.5. The Morgan fingerprint density at radius 2 is 1.94 bits per heavy atom. The van der Waals surface area contributed by atoms with Gasteiger partial charge in [-0.15, -0.1) is 0 Å². The van der Waals surface area contributed by atoms with Gasteiger partial charge >= 0.3 is 6.01 Å². The molecule has 1 saturated heterocycles. The molecule has 0 spiro atoms. The quantitative estimate of drug-likeness (QED) is 0.430. The first kappa shape index (κ1) is 20.9. The summed E-state index contributed by atoms with van der Waals surface area (Å²) in [5.74, 6) is 1.82. The number of fused-ring (bicyclic) bond motifs is 1. The van der Waals surface area contributed by atoms with Crippen molar-refractivity contribution in [2.45, 2.75) is 25.7 Å². The zero-order valence-corrected chi connectivity index (χ0v) is 19.1. The standard InChI is InChI=1S/C24H26FN7O2/c1-14-11-16-17(26-14)5-6-19(23(16)25)33-24-28-20(27-22-12-18(30-34-22)15-3-4-15)13-21(29-24)32-9-7-31(2)8-10-32/h5-6,11-13,15,26H,3-4,7-10H2,1-2H3,(H,27,28,29). The molecule has 2 fully saturated rings. The van der Waals surface area contributed by atoms with Crippen molar-refractivity contribution >= 4 is 28.4 Å². The molecule has 4 aromatic rings. The highest BCUT2D eigenvalue weighted by molar-refractivity contribution is 5.82. The van der Waals surface area contributed by atoms with E-state index in [0.29, 0.717) is 34.3 Å². The van der Waals surface area contributed by atoms with Crippen molar-refractivity contribution in [2.24, 2.45) is 0 Å². The largest absolute Gasteiger partial charge is 0.421 e. The molecule has 2 N–H and O–H groups in total. The molecule has 176 valence electrons. The fourth-order valence-electron chi connectivity index (χ4n) is 4.23. The van der Waals surface area contributed by atoms with Crippen LogP contribution >= 0.6 is 0 Å². The lowest BCUT2D eigenvalue weighted by molar-refractivity contribution is 0.311. The fraction of sp³-hybridized carbons (Fsp3) is 0.375. The van der Waals surface area contributed by atoms with Crippen LogP contribution in [0.2, 0.25) is 0 Å². The van der Waals surface area contributed by atoms with Crippen molar-refractivity contribution in [3.63, 3.8) is 0 Å². The summed E-state index contributed by atoms with van der Waals surface area (Å²) in [6.07, 6.45) is 2.28. The number of likely N-dealkylation sites (N-methyl/N-ethyl adjacent to an activating group) is 1. The molecule has 1 aliphatic heterocycles. The van der Waals surface area contributed by atoms with Crippen LogP contribution in [-0.2, 0) is 0 Å². The average Bonchev–Trinajstić information content (AvgIpc) is 3.45. The lowest BCUT2D eigenvalue weighted by Crippen LogP contribution is -2.44. The third-order valence-corrected chi connectivity index (χ3v) is 6.33. The number of rotatable bonds is 6. The van der Waals surface area contributed by atoms with E-state index in [2.05, 4.69) is 42.3 Å². The van der Waals surface area contributed by atoms with Crippen molar-refractivity contribution < 1.29 is 13.7 Å². The van der Waals surface area contributed by atoms with E-state index in [1.165, 1.54) is 0 Å². The number of aryl methyl sites for hydroxylation is 1. The smallest absolute Gasteiger partial charge is 0.326 e. The first-order chi connectivity index (χ1) is 16.5. The van der Waals surface area contributed by atoms with Crippen LogP contribution in [0, 0.1) is 12.7 Å². The molecule has 9 nitrogen and oxygen atoms in total. The van der Waals surface area contributed by atoms with Crippen LogP contribution in [0.1, 0.15) is 30.1 Å². The lowest BCUT2D eigenvalue weighted by Gasteiger charge is -2.33. The van der Waals surface area contributed by atoms with Gasteiger partial charge in [0, 0.05) is 60.8 Å². The highest BCUT2D eigenvalue weighted by Gasteiger charge is 2.27. The number of hydrogen-bond donors (Lipinski definition) is 2. The predicted molar refractivity (Wildman–Crippen MR) is 127 cm³/mol. The molecule has 34 heavy (non-hydrogen) atoms. The van der Waals surface area contributed by atoms with Crippen LogP contribution in [0.5, 0.6) is 11.8 Å². The summed E-state index contributed by atoms with van der Waals surface area (Å²) >= 11 is 0. The molecular formula is C24H26FN7O2. The number of benzene rings is 1. The number of anilines is 3. The maximum atomic E-state index is 15.1. The van der Waals surface area contributed by atoms with E-state index in [0.717, 1.165) is 50.4 Å². The summed E-state index contributed by atoms with van der Waals surface area (Å²) in [6.45, 7) is 5.38. The van der Waals surface area contributed by atoms with Crippen molar-refractivity contribution in [2.75, 3.05) is 43.4 Å². The van der Waals surface area contributed by atoms with Gasteiger partial charge in [-0.05, 0) is 45.0 Å². The Balaban J connectivity index is 1.32. The second-order valence-corrected chi connectivity index (χ2v) is 9.09. The maximum Gasteiger partial charge on any atom is 0.326 e. The highest BCUT2D eigenvalue weighted by Crippen LogP contribution is 2.40. The van der Waals surface area contributed by atoms with E-state index in [1.54, 1.807) is 18.2 Å². The van der Waals surface area contributed by atoms with E-state index < -0.39 is 5.82 Å². The summed E-state index contributed by atoms with van der Waals surface area (Å²) in [5, 5.41) is 7.79. The van der Waals surface area contributed by atoms with Crippen LogP contribution in [-0.4, -0.2) is 58.2 Å². The summed E-state index contributed by atoms with van der Waals surface area (Å²) in [5.41, 5.74) is 2.54. The monoisotopic (exact) mass is 463 g/mol. The van der Waals surface area contributed by atoms with Gasteiger partial charge in [-0.1, -0.05) is 5.16 Å². The Bertz CT molecular complexity index is 1340. The number of nitrogens with zero attached hydrogens (tertiary/aromatic N) is 5. The molecule has 0 unspecified atom stereocenters. The molecule has 4 heterocycles. The van der Waals surface area contributed by atoms with Crippen molar-refractivity contribution in [3.8, 4) is 11.8 Å². The molecule has 0 bridgehead atoms. The van der Waals surface area contributed by atoms with E-state index in [-0.39, 0.29) is 11.8 Å². The van der Waals surface area contributed by atoms with Crippen LogP contribution < -0.4 is 15.0 Å². The van der Waals surface area contributed by atoms with Crippen LogP contribution in [0.15, 0.2) is 34.9 Å². The number of hydrogen-bond acceptors (Lipinski definition) is 8. The number of H-pyrrole nitrogens is 1. The van der Waals surface area contributed by atoms with Gasteiger partial charge in [0.2, 0.25) is 5.88 Å². The zero-order valence-electron chi connectivity index (χ0n) is 19.1. The minimum Gasteiger partial charge on any atom is -0.421 e. The molecular weight excluding hydrogens is 437 g/mol. The van der Waals surface area contributed by atoms with Gasteiger partial charge in [-0.25, -0.2) is 4.39 Å². The van der Waals surface area contributed by atoms with Crippen LogP contribution in [0.3, 0.4) is 0 Å². The third-order valence-electron chi connectivity index (χ3n) is 6.33. The van der Waals surface area contributed by atoms with E-state index in [9.17, 15) is 0 Å². The fourth-order valence-corrected chi connectivity index (χ4v) is 4.23. The molecule has 10 heteroatoms. The second-order valence-electron chi connectivity index (χ2n) is 9.09. The van der Waals surface area contributed by atoms with Gasteiger partial charge < -0.3 is 29.4 Å². The van der Waals surface area contributed by atoms with Crippen molar-refractivity contribution in [1.82, 2.24) is 25.0 Å². The lowest BCUT2D eigenvalue weighted by atomic mass is 10.2. The van der Waals surface area contributed by atoms with Gasteiger partial charge in [0.15, 0.2) is 11.6 Å². The summed E-state index contributed by atoms with van der Waals surface area (Å²) in [6, 6.07) is 8.95. The van der Waals surface area contributed by atoms with Crippen LogP contribution in [0.4, 0.5) is 21.9 Å².